The number of allylic oxidation sites excluding steroid dienone is 2. The van der Waals surface area contributed by atoms with Crippen LogP contribution in [0.5, 0.6) is 0 Å². The quantitative estimate of drug-likeness (QED) is 0.149. The van der Waals surface area contributed by atoms with Crippen LogP contribution in [0.25, 0.3) is 11.3 Å². The predicted molar refractivity (Wildman–Crippen MR) is 203 cm³/mol. The van der Waals surface area contributed by atoms with E-state index in [0.29, 0.717) is 59.0 Å². The Balaban J connectivity index is 1.13. The molecule has 1 aromatic heterocycles. The third-order valence-corrected chi connectivity index (χ3v) is 11.1. The number of para-hydroxylation sites is 1. The number of carbonyl (C=O) groups is 3. The number of hydrogen-bond donors (Lipinski definition) is 0. The van der Waals surface area contributed by atoms with Gasteiger partial charge in [0.2, 0.25) is 0 Å². The number of nitrogens with zero attached hydrogens (tertiary/aromatic N) is 7. The minimum atomic E-state index is -0.860. The second-order valence-corrected chi connectivity index (χ2v) is 14.4. The van der Waals surface area contributed by atoms with Crippen LogP contribution in [0.3, 0.4) is 0 Å². The van der Waals surface area contributed by atoms with Crippen molar-refractivity contribution in [2.75, 3.05) is 23.0 Å². The van der Waals surface area contributed by atoms with Crippen LogP contribution in [-0.4, -0.2) is 46.8 Å². The minimum Gasteiger partial charge on any atom is -0.353 e. The number of anilines is 2. The van der Waals surface area contributed by atoms with Crippen LogP contribution in [0.15, 0.2) is 133 Å². The maximum absolute atomic E-state index is 14.4. The number of carbonyl (C=O) groups excluding carboxylic acids is 3. The molecule has 0 saturated heterocycles. The van der Waals surface area contributed by atoms with Crippen LogP contribution in [0, 0.1) is 22.7 Å². The van der Waals surface area contributed by atoms with Gasteiger partial charge in [-0.25, -0.2) is 4.99 Å². The van der Waals surface area contributed by atoms with E-state index in [2.05, 4.69) is 17.3 Å². The molecule has 3 amide bonds. The van der Waals surface area contributed by atoms with Crippen molar-refractivity contribution in [3.63, 3.8) is 0 Å². The third kappa shape index (κ3) is 5.44. The molecule has 0 radical (unpaired) electrons. The number of benzene rings is 4. The molecule has 4 aliphatic rings. The van der Waals surface area contributed by atoms with E-state index < -0.39 is 23.6 Å². The summed E-state index contributed by atoms with van der Waals surface area (Å²) < 4.78 is 5.84. The molecule has 1 atom stereocenters. The molecule has 55 heavy (non-hydrogen) atoms. The monoisotopic (exact) mass is 781 g/mol. The van der Waals surface area contributed by atoms with Crippen molar-refractivity contribution < 1.29 is 23.7 Å². The Bertz CT molecular complexity index is 2660. The Hall–Kier alpha value is -6.48. The van der Waals surface area contributed by atoms with Crippen molar-refractivity contribution in [2.45, 2.75) is 10.8 Å². The van der Waals surface area contributed by atoms with E-state index in [1.54, 1.807) is 102 Å². The van der Waals surface area contributed by atoms with E-state index in [1.807, 2.05) is 0 Å². The summed E-state index contributed by atoms with van der Waals surface area (Å²) in [6.45, 7) is -0.235. The van der Waals surface area contributed by atoms with Gasteiger partial charge in [0.25, 0.3) is 17.7 Å². The number of nitriles is 2. The number of imide groups is 1. The molecule has 0 saturated carbocycles. The summed E-state index contributed by atoms with van der Waals surface area (Å²) in [6, 6.07) is 31.9. The first-order valence-corrected chi connectivity index (χ1v) is 18.2. The highest BCUT2D eigenvalue weighted by Crippen LogP contribution is 2.58. The Kier molecular flexibility index (Phi) is 8.37. The molecule has 9 rings (SSSR count). The van der Waals surface area contributed by atoms with Crippen molar-refractivity contribution in [3.8, 4) is 23.5 Å². The molecular formula is C40H21Cl2N7O5S. The molecule has 12 nitrogen and oxygen atoms in total. The molecule has 266 valence electrons. The summed E-state index contributed by atoms with van der Waals surface area (Å²) in [5, 5.41) is 28.1. The van der Waals surface area contributed by atoms with E-state index in [1.165, 1.54) is 16.7 Å². The molecule has 0 fully saturated rings. The molecule has 5 heterocycles. The number of aliphatic imine (C=N–C) groups is 1. The zero-order valence-corrected chi connectivity index (χ0v) is 30.4. The number of hydrogen-bond acceptors (Lipinski definition) is 11. The van der Waals surface area contributed by atoms with Crippen LogP contribution < -0.4 is 9.80 Å². The Morgan fingerprint density at radius 2 is 1.42 bits per heavy atom. The van der Waals surface area contributed by atoms with Crippen molar-refractivity contribution in [2.24, 2.45) is 4.99 Å². The van der Waals surface area contributed by atoms with Crippen LogP contribution in [0.1, 0.15) is 37.8 Å². The van der Waals surface area contributed by atoms with E-state index in [4.69, 9.17) is 37.6 Å². The molecule has 15 heteroatoms. The number of halogens is 2. The van der Waals surface area contributed by atoms with Gasteiger partial charge in [-0.3, -0.25) is 24.1 Å². The largest absolute Gasteiger partial charge is 0.353 e. The predicted octanol–water partition coefficient (Wildman–Crippen LogP) is 7.89. The second kappa shape index (κ2) is 13.4. The number of aromatic nitrogens is 1. The van der Waals surface area contributed by atoms with E-state index >= 15 is 0 Å². The first-order chi connectivity index (χ1) is 26.8. The summed E-state index contributed by atoms with van der Waals surface area (Å²) in [7, 11) is 0. The van der Waals surface area contributed by atoms with Gasteiger partial charge in [0, 0.05) is 21.2 Å². The van der Waals surface area contributed by atoms with Crippen LogP contribution in [0.2, 0.25) is 10.0 Å². The first-order valence-electron chi connectivity index (χ1n) is 16.7. The Morgan fingerprint density at radius 1 is 0.800 bits per heavy atom. The van der Waals surface area contributed by atoms with Gasteiger partial charge in [-0.1, -0.05) is 82.6 Å². The van der Waals surface area contributed by atoms with Crippen molar-refractivity contribution in [3.05, 3.63) is 151 Å². The highest BCUT2D eigenvalue weighted by molar-refractivity contribution is 8.04. The topological polar surface area (TPSA) is 156 Å². The van der Waals surface area contributed by atoms with Gasteiger partial charge in [-0.05, 0) is 60.2 Å². The lowest BCUT2D eigenvalue weighted by molar-refractivity contribution is -0.113. The lowest BCUT2D eigenvalue weighted by atomic mass is 9.83. The molecule has 5 aromatic rings. The Labute approximate surface area is 326 Å². The van der Waals surface area contributed by atoms with Gasteiger partial charge in [0.1, 0.15) is 15.6 Å². The molecule has 0 aliphatic carbocycles. The highest BCUT2D eigenvalue weighted by atomic mass is 35.5. The van der Waals surface area contributed by atoms with Crippen molar-refractivity contribution in [1.82, 2.24) is 10.2 Å². The summed E-state index contributed by atoms with van der Waals surface area (Å²) in [5.74, 6) is -1.74. The molecular weight excluding hydrogens is 761 g/mol. The van der Waals surface area contributed by atoms with E-state index in [9.17, 15) is 24.9 Å². The smallest absolute Gasteiger partial charge is 0.285 e. The lowest BCUT2D eigenvalue weighted by Crippen LogP contribution is -2.37. The fourth-order valence-corrected chi connectivity index (χ4v) is 8.40. The van der Waals surface area contributed by atoms with Crippen molar-refractivity contribution in [1.29, 1.82) is 10.5 Å². The van der Waals surface area contributed by atoms with Gasteiger partial charge in [0.05, 0.1) is 59.2 Å². The maximum atomic E-state index is 14.4. The SMILES string of the molecule is N#CC1=C(/N=C2\C(=O)N(CCON3C(=O)c4ccccc4C3=O)c3ccccc32)N2C(=C(C#N)C1c1ccc(Cl)cc1)Sc1c2noc1-c1ccc(Cl)cc1. The minimum absolute atomic E-state index is 0.0218. The van der Waals surface area contributed by atoms with Gasteiger partial charge in [0.15, 0.2) is 17.4 Å². The molecule has 1 unspecified atom stereocenters. The Morgan fingerprint density at radius 3 is 2.07 bits per heavy atom. The van der Waals surface area contributed by atoms with E-state index in [0.717, 1.165) is 0 Å². The first kappa shape index (κ1) is 34.3. The van der Waals surface area contributed by atoms with Crippen molar-refractivity contribution >= 4 is 69.9 Å². The number of amides is 3. The summed E-state index contributed by atoms with van der Waals surface area (Å²) in [5.41, 5.74) is 3.16. The molecule has 4 aliphatic heterocycles. The van der Waals surface area contributed by atoms with E-state index in [-0.39, 0.29) is 47.0 Å². The summed E-state index contributed by atoms with van der Waals surface area (Å²) in [4.78, 5) is 54.4. The van der Waals surface area contributed by atoms with Crippen LogP contribution in [0.4, 0.5) is 11.5 Å². The lowest BCUT2D eigenvalue weighted by Gasteiger charge is -2.30. The summed E-state index contributed by atoms with van der Waals surface area (Å²) in [6.07, 6.45) is 0. The van der Waals surface area contributed by atoms with Gasteiger partial charge >= 0.3 is 0 Å². The average Bonchev–Trinajstić information content (AvgIpc) is 3.92. The highest BCUT2D eigenvalue weighted by Gasteiger charge is 2.46. The average molecular weight is 783 g/mol. The number of thioether (sulfide) groups is 1. The normalized spacial score (nSPS) is 17.8. The molecule has 0 bridgehead atoms. The zero-order chi connectivity index (χ0) is 38.0. The third-order valence-electron chi connectivity index (χ3n) is 9.46. The fraction of sp³-hybridized carbons (Fsp3) is 0.0750. The molecule has 0 spiro atoms. The fourth-order valence-electron chi connectivity index (χ4n) is 6.95. The standard InChI is InChI=1S/C40H21Cl2N7O5S/c41-23-13-9-21(10-14-23)31-28(19-43)35(48-36-34(55-40(48)29(31)20-44)33(54-46-36)22-11-15-24(42)16-12-22)45-32-27-7-3-4-8-30(27)47(39(32)52)17-18-53-49-37(50)25-5-1-2-6-26(25)38(49)51/h1-16,31H,17-18H2/b45-32-. The number of rotatable bonds is 7. The molecule has 0 N–H and O–H groups in total. The van der Waals surface area contributed by atoms with Gasteiger partial charge < -0.3 is 9.42 Å². The molecule has 4 aromatic carbocycles. The zero-order valence-electron chi connectivity index (χ0n) is 28.1. The van der Waals surface area contributed by atoms with Gasteiger partial charge in [-0.2, -0.15) is 10.5 Å². The van der Waals surface area contributed by atoms with Crippen LogP contribution >= 0.6 is 35.0 Å². The van der Waals surface area contributed by atoms with Gasteiger partial charge in [-0.15, -0.1) is 5.06 Å². The number of hydroxylamine groups is 2. The summed E-state index contributed by atoms with van der Waals surface area (Å²) >= 11 is 13.6. The second-order valence-electron chi connectivity index (χ2n) is 12.5. The maximum Gasteiger partial charge on any atom is 0.285 e. The van der Waals surface area contributed by atoms with Crippen LogP contribution in [-0.2, 0) is 9.63 Å². The number of fused-ring (bicyclic) bond motifs is 5.